The lowest BCUT2D eigenvalue weighted by Gasteiger charge is -2.26. The molecule has 168 valence electrons. The number of carbonyl (C=O) groups is 2. The van der Waals surface area contributed by atoms with Crippen molar-refractivity contribution in [2.75, 3.05) is 23.3 Å². The smallest absolute Gasteiger partial charge is 0.253 e. The summed E-state index contributed by atoms with van der Waals surface area (Å²) in [6.45, 7) is 6.21. The van der Waals surface area contributed by atoms with E-state index in [-0.39, 0.29) is 17.7 Å². The highest BCUT2D eigenvalue weighted by Crippen LogP contribution is 2.29. The predicted molar refractivity (Wildman–Crippen MR) is 124 cm³/mol. The fourth-order valence-electron chi connectivity index (χ4n) is 4.06. The van der Waals surface area contributed by atoms with Gasteiger partial charge in [0.15, 0.2) is 0 Å². The Morgan fingerprint density at radius 2 is 1.94 bits per heavy atom. The molecule has 6 nitrogen and oxygen atoms in total. The normalized spacial score (nSPS) is 13.9. The molecular formula is C25H35N3O3. The monoisotopic (exact) mass is 425 g/mol. The molecule has 2 amide bonds. The second kappa shape index (κ2) is 11.6. The van der Waals surface area contributed by atoms with Crippen molar-refractivity contribution in [1.29, 1.82) is 0 Å². The molecular weight excluding hydrogens is 390 g/mol. The summed E-state index contributed by atoms with van der Waals surface area (Å²) in [5.74, 6) is 0.880. The van der Waals surface area contributed by atoms with Crippen LogP contribution in [0.4, 0.5) is 11.4 Å². The lowest BCUT2D eigenvalue weighted by Crippen LogP contribution is -2.30. The Bertz CT molecular complexity index is 842. The Balaban J connectivity index is 1.88. The molecule has 1 aromatic heterocycles. The molecule has 1 aliphatic rings. The van der Waals surface area contributed by atoms with Gasteiger partial charge in [-0.2, -0.15) is 0 Å². The molecule has 1 saturated carbocycles. The Labute approximate surface area is 185 Å². The van der Waals surface area contributed by atoms with Crippen molar-refractivity contribution in [3.8, 4) is 0 Å². The maximum absolute atomic E-state index is 13.0. The van der Waals surface area contributed by atoms with Gasteiger partial charge in [0.25, 0.3) is 5.91 Å². The first-order valence-electron chi connectivity index (χ1n) is 11.6. The summed E-state index contributed by atoms with van der Waals surface area (Å²) in [5.41, 5.74) is 2.12. The lowest BCUT2D eigenvalue weighted by atomic mass is 10.1. The Morgan fingerprint density at radius 1 is 1.13 bits per heavy atom. The highest BCUT2D eigenvalue weighted by molar-refractivity contribution is 6.02. The maximum Gasteiger partial charge on any atom is 0.253 e. The molecule has 6 heteroatoms. The van der Waals surface area contributed by atoms with Crippen molar-refractivity contribution in [1.82, 2.24) is 5.32 Å². The van der Waals surface area contributed by atoms with Crippen LogP contribution in [-0.2, 0) is 11.3 Å². The Hall–Kier alpha value is -2.76. The largest absolute Gasteiger partial charge is 0.467 e. The van der Waals surface area contributed by atoms with E-state index in [0.717, 1.165) is 62.9 Å². The highest BCUT2D eigenvalue weighted by atomic mass is 16.3. The number of unbranched alkanes of at least 4 members (excludes halogenated alkanes) is 1. The molecule has 1 heterocycles. The predicted octanol–water partition coefficient (Wildman–Crippen LogP) is 5.35. The quantitative estimate of drug-likeness (QED) is 0.509. The Kier molecular flexibility index (Phi) is 8.56. The first-order valence-corrected chi connectivity index (χ1v) is 11.6. The van der Waals surface area contributed by atoms with Crippen molar-refractivity contribution in [3.05, 3.63) is 47.9 Å². The van der Waals surface area contributed by atoms with Crippen LogP contribution in [0, 0.1) is 5.92 Å². The van der Waals surface area contributed by atoms with Crippen LogP contribution in [0.15, 0.2) is 41.0 Å². The average Bonchev–Trinajstić information content (AvgIpc) is 3.49. The van der Waals surface area contributed by atoms with E-state index in [2.05, 4.69) is 22.5 Å². The standard InChI is InChI=1S/C25H35N3O3/c1-3-5-15-28(18-21-11-8-16-31-21)23-13-12-20(17-22(23)25(30)26-14-4-2)27-24(29)19-9-6-7-10-19/h8,11-13,16-17,19H,3-7,9-10,14-15,18H2,1-2H3,(H,26,30)(H,27,29). The van der Waals surface area contributed by atoms with Crippen LogP contribution < -0.4 is 15.5 Å². The minimum absolute atomic E-state index is 0.0589. The van der Waals surface area contributed by atoms with Crippen molar-refractivity contribution in [2.45, 2.75) is 65.3 Å². The SMILES string of the molecule is CCCCN(Cc1ccco1)c1ccc(NC(=O)C2CCCC2)cc1C(=O)NCCC. The van der Waals surface area contributed by atoms with E-state index in [4.69, 9.17) is 4.42 Å². The van der Waals surface area contributed by atoms with E-state index in [1.807, 2.05) is 37.3 Å². The highest BCUT2D eigenvalue weighted by Gasteiger charge is 2.24. The fraction of sp³-hybridized carbons (Fsp3) is 0.520. The zero-order chi connectivity index (χ0) is 22.1. The average molecular weight is 426 g/mol. The summed E-state index contributed by atoms with van der Waals surface area (Å²) < 4.78 is 5.56. The minimum Gasteiger partial charge on any atom is -0.467 e. The first-order chi connectivity index (χ1) is 15.1. The molecule has 1 aliphatic carbocycles. The van der Waals surface area contributed by atoms with Crippen LogP contribution in [0.25, 0.3) is 0 Å². The summed E-state index contributed by atoms with van der Waals surface area (Å²) in [5, 5.41) is 6.03. The van der Waals surface area contributed by atoms with E-state index in [0.29, 0.717) is 24.3 Å². The molecule has 31 heavy (non-hydrogen) atoms. The van der Waals surface area contributed by atoms with Crippen LogP contribution >= 0.6 is 0 Å². The van der Waals surface area contributed by atoms with E-state index in [1.165, 1.54) is 0 Å². The molecule has 0 unspecified atom stereocenters. The third kappa shape index (κ3) is 6.36. The second-order valence-corrected chi connectivity index (χ2v) is 8.31. The zero-order valence-corrected chi connectivity index (χ0v) is 18.8. The summed E-state index contributed by atoms with van der Waals surface area (Å²) in [6.07, 6.45) is 8.72. The van der Waals surface area contributed by atoms with Gasteiger partial charge in [-0.15, -0.1) is 0 Å². The number of hydrogen-bond donors (Lipinski definition) is 2. The van der Waals surface area contributed by atoms with Crippen LogP contribution in [0.5, 0.6) is 0 Å². The number of benzene rings is 1. The molecule has 0 spiro atoms. The van der Waals surface area contributed by atoms with Crippen molar-refractivity contribution in [2.24, 2.45) is 5.92 Å². The van der Waals surface area contributed by atoms with E-state index in [1.54, 1.807) is 6.26 Å². The molecule has 0 bridgehead atoms. The molecule has 1 aromatic carbocycles. The molecule has 1 fully saturated rings. The number of nitrogens with zero attached hydrogens (tertiary/aromatic N) is 1. The van der Waals surface area contributed by atoms with Crippen molar-refractivity contribution < 1.29 is 14.0 Å². The number of rotatable bonds is 11. The fourth-order valence-corrected chi connectivity index (χ4v) is 4.06. The van der Waals surface area contributed by atoms with E-state index in [9.17, 15) is 9.59 Å². The molecule has 3 rings (SSSR count). The molecule has 0 radical (unpaired) electrons. The van der Waals surface area contributed by atoms with Crippen LogP contribution in [0.2, 0.25) is 0 Å². The molecule has 0 atom stereocenters. The number of anilines is 2. The number of furan rings is 1. The number of hydrogen-bond acceptors (Lipinski definition) is 4. The number of amides is 2. The summed E-state index contributed by atoms with van der Waals surface area (Å²) >= 11 is 0. The van der Waals surface area contributed by atoms with Gasteiger partial charge in [0.05, 0.1) is 24.1 Å². The lowest BCUT2D eigenvalue weighted by molar-refractivity contribution is -0.119. The summed E-state index contributed by atoms with van der Waals surface area (Å²) in [7, 11) is 0. The van der Waals surface area contributed by atoms with Crippen LogP contribution in [-0.4, -0.2) is 24.9 Å². The van der Waals surface area contributed by atoms with E-state index >= 15 is 0 Å². The van der Waals surface area contributed by atoms with Gasteiger partial charge in [-0.05, 0) is 56.0 Å². The third-order valence-corrected chi connectivity index (χ3v) is 5.82. The van der Waals surface area contributed by atoms with Gasteiger partial charge in [-0.25, -0.2) is 0 Å². The van der Waals surface area contributed by atoms with Gasteiger partial charge in [-0.3, -0.25) is 9.59 Å². The van der Waals surface area contributed by atoms with Gasteiger partial charge in [0.2, 0.25) is 5.91 Å². The van der Waals surface area contributed by atoms with Gasteiger partial charge < -0.3 is 20.0 Å². The maximum atomic E-state index is 13.0. The molecule has 0 saturated heterocycles. The van der Waals surface area contributed by atoms with Gasteiger partial charge in [0.1, 0.15) is 5.76 Å². The summed E-state index contributed by atoms with van der Waals surface area (Å²) in [4.78, 5) is 27.8. The van der Waals surface area contributed by atoms with Crippen molar-refractivity contribution >= 4 is 23.2 Å². The Morgan fingerprint density at radius 3 is 2.61 bits per heavy atom. The van der Waals surface area contributed by atoms with Gasteiger partial charge in [0, 0.05) is 24.7 Å². The zero-order valence-electron chi connectivity index (χ0n) is 18.8. The number of carbonyl (C=O) groups excluding carboxylic acids is 2. The minimum atomic E-state index is -0.116. The first kappa shape index (κ1) is 22.9. The van der Waals surface area contributed by atoms with Crippen LogP contribution in [0.3, 0.4) is 0 Å². The van der Waals surface area contributed by atoms with Crippen molar-refractivity contribution in [3.63, 3.8) is 0 Å². The second-order valence-electron chi connectivity index (χ2n) is 8.31. The van der Waals surface area contributed by atoms with E-state index < -0.39 is 0 Å². The molecule has 2 N–H and O–H groups in total. The van der Waals surface area contributed by atoms with Crippen LogP contribution in [0.1, 0.15) is 74.9 Å². The molecule has 2 aromatic rings. The van der Waals surface area contributed by atoms with Gasteiger partial charge in [-0.1, -0.05) is 33.1 Å². The third-order valence-electron chi connectivity index (χ3n) is 5.82. The molecule has 0 aliphatic heterocycles. The summed E-state index contributed by atoms with van der Waals surface area (Å²) in [6, 6.07) is 9.49. The topological polar surface area (TPSA) is 74.6 Å². The van der Waals surface area contributed by atoms with Gasteiger partial charge >= 0.3 is 0 Å². The number of nitrogens with one attached hydrogen (secondary N) is 2.